The Bertz CT molecular complexity index is 240. The monoisotopic (exact) mass is 322 g/mol. The van der Waals surface area contributed by atoms with E-state index in [9.17, 15) is 5.11 Å². The maximum absolute atomic E-state index is 9.20. The van der Waals surface area contributed by atoms with Crippen LogP contribution in [0.2, 0.25) is 25.1 Å². The molecule has 1 nitrogen and oxygen atoms in total. The van der Waals surface area contributed by atoms with Crippen molar-refractivity contribution in [1.29, 1.82) is 0 Å². The Morgan fingerprint density at radius 1 is 0.643 bits per heavy atom. The fourth-order valence-corrected chi connectivity index (χ4v) is 1.72. The molecule has 1 rings (SSSR count). The summed E-state index contributed by atoms with van der Waals surface area (Å²) in [6, 6.07) is 0. The average molecular weight is 324 g/mol. The predicted molar refractivity (Wildman–Crippen MR) is 70.7 cm³/mol. The van der Waals surface area contributed by atoms with Gasteiger partial charge in [-0.05, 0) is 0 Å². The molecule has 0 heterocycles. The van der Waals surface area contributed by atoms with E-state index in [1.54, 1.807) is 0 Å². The van der Waals surface area contributed by atoms with Crippen molar-refractivity contribution in [1.82, 2.24) is 0 Å². The number of benzene rings is 1. The third-order valence-electron chi connectivity index (χ3n) is 1.19. The summed E-state index contributed by atoms with van der Waals surface area (Å²) in [6.07, 6.45) is 0. The van der Waals surface area contributed by atoms with Crippen molar-refractivity contribution < 1.29 is 5.11 Å². The van der Waals surface area contributed by atoms with Gasteiger partial charge in [0.2, 0.25) is 0 Å². The van der Waals surface area contributed by atoms with E-state index in [4.69, 9.17) is 58.0 Å². The van der Waals surface area contributed by atoms with Crippen molar-refractivity contribution in [2.75, 3.05) is 0 Å². The summed E-state index contributed by atoms with van der Waals surface area (Å²) in [7, 11) is 0. The van der Waals surface area contributed by atoms with Crippen molar-refractivity contribution in [3.05, 3.63) is 25.1 Å². The van der Waals surface area contributed by atoms with Crippen LogP contribution in [0.4, 0.5) is 0 Å². The van der Waals surface area contributed by atoms with Crippen molar-refractivity contribution >= 4 is 101 Å². The molecule has 0 unspecified atom stereocenters. The molecule has 1 N–H and O–H groups in total. The van der Waals surface area contributed by atoms with Crippen molar-refractivity contribution in [3.8, 4) is 5.75 Å². The average Bonchev–Trinajstić information content (AvgIpc) is 2.08. The molecule has 0 amide bonds. The molecule has 0 aliphatic heterocycles. The Kier molecular flexibility index (Phi) is 9.36. The fourth-order valence-electron chi connectivity index (χ4n) is 0.593. The van der Waals surface area contributed by atoms with Crippen LogP contribution in [0.25, 0.3) is 0 Å². The molecule has 1 aromatic rings. The van der Waals surface area contributed by atoms with Crippen LogP contribution in [-0.4, -0.2) is 34.7 Å². The zero-order chi connectivity index (χ0) is 9.46. The van der Waals surface area contributed by atoms with Gasteiger partial charge in [-0.15, -0.1) is 0 Å². The second-order valence-corrected chi connectivity index (χ2v) is 3.81. The Balaban J connectivity index is 0. The molecule has 0 spiro atoms. The van der Waals surface area contributed by atoms with E-state index >= 15 is 0 Å². The van der Waals surface area contributed by atoms with E-state index < -0.39 is 0 Å². The first-order valence-corrected chi connectivity index (χ1v) is 4.56. The molecule has 0 aliphatic rings. The number of hydrogen-bond donors (Lipinski definition) is 1. The van der Waals surface area contributed by atoms with Crippen LogP contribution in [0.15, 0.2) is 0 Å². The Morgan fingerprint density at radius 2 is 0.857 bits per heavy atom. The van der Waals surface area contributed by atoms with E-state index in [2.05, 4.69) is 0 Å². The molecule has 8 heteroatoms. The second kappa shape index (κ2) is 7.21. The molecule has 1 aromatic carbocycles. The molecule has 0 fully saturated rings. The minimum atomic E-state index is -0.363. The van der Waals surface area contributed by atoms with Crippen LogP contribution in [0.1, 0.15) is 0 Å². The first-order chi connectivity index (χ1) is 5.46. The number of phenols is 1. The van der Waals surface area contributed by atoms with Gasteiger partial charge < -0.3 is 5.11 Å². The van der Waals surface area contributed by atoms with Gasteiger partial charge >= 0.3 is 29.6 Å². The third-order valence-corrected chi connectivity index (χ3v) is 3.44. The van der Waals surface area contributed by atoms with Gasteiger partial charge in [-0.2, -0.15) is 13.5 Å². The zero-order valence-electron chi connectivity index (χ0n) is 5.84. The molecule has 0 aliphatic carbocycles. The van der Waals surface area contributed by atoms with E-state index in [0.29, 0.717) is 0 Å². The topological polar surface area (TPSA) is 20.2 Å². The second-order valence-electron chi connectivity index (χ2n) is 1.92. The molecule has 0 bridgehead atoms. The van der Waals surface area contributed by atoms with Crippen LogP contribution in [0.5, 0.6) is 5.75 Å². The molecular formula is C6H4Cl5NaOS. The molecule has 0 saturated carbocycles. The SMILES string of the molecule is Oc1c(Cl)c(Cl)c(Cl)c(Cl)c1Cl.S.[NaH]. The summed E-state index contributed by atoms with van der Waals surface area (Å²) in [5.74, 6) is -0.363. The van der Waals surface area contributed by atoms with Crippen molar-refractivity contribution in [3.63, 3.8) is 0 Å². The fraction of sp³-hybridized carbons (Fsp3) is 0. The molecular weight excluding hydrogens is 320 g/mol. The molecule has 76 valence electrons. The van der Waals surface area contributed by atoms with Crippen LogP contribution in [0.3, 0.4) is 0 Å². The van der Waals surface area contributed by atoms with Crippen molar-refractivity contribution in [2.24, 2.45) is 0 Å². The number of phenolic OH excluding ortho intramolecular Hbond substituents is 1. The third kappa shape index (κ3) is 3.41. The first kappa shape index (κ1) is 18.2. The first-order valence-electron chi connectivity index (χ1n) is 2.67. The number of aromatic hydroxyl groups is 1. The van der Waals surface area contributed by atoms with Crippen LogP contribution in [0, 0.1) is 0 Å². The van der Waals surface area contributed by atoms with Crippen LogP contribution in [-0.2, 0) is 0 Å². The number of halogens is 5. The van der Waals surface area contributed by atoms with Gasteiger partial charge in [0.1, 0.15) is 10.0 Å². The van der Waals surface area contributed by atoms with E-state index in [1.165, 1.54) is 0 Å². The van der Waals surface area contributed by atoms with Crippen molar-refractivity contribution in [2.45, 2.75) is 0 Å². The van der Waals surface area contributed by atoms with Gasteiger partial charge in [0, 0.05) is 0 Å². The van der Waals surface area contributed by atoms with Gasteiger partial charge in [-0.1, -0.05) is 58.0 Å². The van der Waals surface area contributed by atoms with Gasteiger partial charge in [0.05, 0.1) is 15.1 Å². The van der Waals surface area contributed by atoms with E-state index in [1.807, 2.05) is 0 Å². The quantitative estimate of drug-likeness (QED) is 0.432. The van der Waals surface area contributed by atoms with Gasteiger partial charge in [-0.25, -0.2) is 0 Å². The van der Waals surface area contributed by atoms with Crippen LogP contribution < -0.4 is 0 Å². The maximum atomic E-state index is 9.20. The zero-order valence-corrected chi connectivity index (χ0v) is 10.6. The standard InChI is InChI=1S/C6HCl5O.Na.H2S.H/c7-1-2(8)4(10)6(12)5(11)3(1)9;;;/h12H;;1H2;. The molecule has 0 atom stereocenters. The molecule has 0 radical (unpaired) electrons. The number of hydrogen-bond acceptors (Lipinski definition) is 1. The van der Waals surface area contributed by atoms with E-state index in [0.717, 1.165) is 0 Å². The molecule has 0 saturated heterocycles. The molecule has 0 aromatic heterocycles. The predicted octanol–water partition coefficient (Wildman–Crippen LogP) is 4.12. The Hall–Kier alpha value is 1.82. The number of rotatable bonds is 0. The van der Waals surface area contributed by atoms with Crippen LogP contribution >= 0.6 is 71.5 Å². The normalized spacial score (nSPS) is 8.93. The minimum absolute atomic E-state index is 0. The summed E-state index contributed by atoms with van der Waals surface area (Å²) in [5, 5.41) is 9.01. The Labute approximate surface area is 135 Å². The summed E-state index contributed by atoms with van der Waals surface area (Å²) < 4.78 is 0. The van der Waals surface area contributed by atoms with Gasteiger partial charge in [0.15, 0.2) is 5.75 Å². The summed E-state index contributed by atoms with van der Waals surface area (Å²) in [6.45, 7) is 0. The summed E-state index contributed by atoms with van der Waals surface area (Å²) in [5.41, 5.74) is 0. The summed E-state index contributed by atoms with van der Waals surface area (Å²) >= 11 is 27.9. The Morgan fingerprint density at radius 3 is 1.14 bits per heavy atom. The van der Waals surface area contributed by atoms with Gasteiger partial charge in [0.25, 0.3) is 0 Å². The molecule has 14 heavy (non-hydrogen) atoms. The van der Waals surface area contributed by atoms with E-state index in [-0.39, 0.29) is 73.9 Å². The van der Waals surface area contributed by atoms with Gasteiger partial charge in [-0.3, -0.25) is 0 Å². The summed E-state index contributed by atoms with van der Waals surface area (Å²) in [4.78, 5) is 0.